The van der Waals surface area contributed by atoms with E-state index in [1.165, 1.54) is 0 Å². The normalized spacial score (nSPS) is 31.6. The van der Waals surface area contributed by atoms with Gasteiger partial charge in [0.2, 0.25) is 5.67 Å². The summed E-state index contributed by atoms with van der Waals surface area (Å²) in [6.07, 6.45) is 1.13. The predicted molar refractivity (Wildman–Crippen MR) is 65.0 cm³/mol. The zero-order chi connectivity index (χ0) is 13.4. The number of carbonyl (C=O) groups is 1. The van der Waals surface area contributed by atoms with E-state index in [-0.39, 0.29) is 6.54 Å². The molecule has 2 rings (SSSR count). The topological polar surface area (TPSA) is 47.6 Å². The smallest absolute Gasteiger partial charge is 0.346 e. The van der Waals surface area contributed by atoms with Crippen molar-refractivity contribution in [3.8, 4) is 0 Å². The molecule has 1 spiro atoms. The van der Waals surface area contributed by atoms with Crippen molar-refractivity contribution in [3.63, 3.8) is 0 Å². The molecule has 1 unspecified atom stereocenters. The molecule has 0 aromatic rings. The zero-order valence-electron chi connectivity index (χ0n) is 11.3. The first kappa shape index (κ1) is 13.7. The third kappa shape index (κ3) is 2.26. The maximum Gasteiger partial charge on any atom is 0.346 e. The van der Waals surface area contributed by atoms with E-state index < -0.39 is 22.7 Å². The molecule has 0 radical (unpaired) electrons. The Morgan fingerprint density at radius 1 is 1.28 bits per heavy atom. The lowest BCUT2D eigenvalue weighted by atomic mass is 9.70. The van der Waals surface area contributed by atoms with Crippen LogP contribution in [0.2, 0.25) is 0 Å². The van der Waals surface area contributed by atoms with Crippen molar-refractivity contribution < 1.29 is 18.7 Å². The molecule has 2 fully saturated rings. The molecule has 0 aromatic heterocycles. The standard InChI is InChI=1S/C13H22FNO3/c1-11(2,3)18-10(16)13(14)9-15-8-12(13)4-6-17-7-5-12/h15H,4-9H2,1-3H3. The number of rotatable bonds is 1. The third-order valence-corrected chi connectivity index (χ3v) is 3.84. The highest BCUT2D eigenvalue weighted by Gasteiger charge is 2.62. The van der Waals surface area contributed by atoms with E-state index in [4.69, 9.17) is 9.47 Å². The van der Waals surface area contributed by atoms with Crippen LogP contribution in [-0.2, 0) is 14.3 Å². The molecule has 0 bridgehead atoms. The molecule has 4 nitrogen and oxygen atoms in total. The summed E-state index contributed by atoms with van der Waals surface area (Å²) in [6, 6.07) is 0. The number of halogens is 1. The molecule has 2 aliphatic rings. The van der Waals surface area contributed by atoms with E-state index in [1.807, 2.05) is 0 Å². The van der Waals surface area contributed by atoms with Crippen LogP contribution in [0.4, 0.5) is 4.39 Å². The minimum absolute atomic E-state index is 0.0436. The van der Waals surface area contributed by atoms with Crippen LogP contribution in [0.3, 0.4) is 0 Å². The van der Waals surface area contributed by atoms with E-state index in [1.54, 1.807) is 20.8 Å². The van der Waals surface area contributed by atoms with Crippen LogP contribution in [0.1, 0.15) is 33.6 Å². The van der Waals surface area contributed by atoms with Crippen molar-refractivity contribution in [1.29, 1.82) is 0 Å². The number of hydrogen-bond donors (Lipinski definition) is 1. The zero-order valence-corrected chi connectivity index (χ0v) is 11.3. The molecule has 0 saturated carbocycles. The lowest BCUT2D eigenvalue weighted by Crippen LogP contribution is -2.54. The summed E-state index contributed by atoms with van der Waals surface area (Å²) >= 11 is 0. The van der Waals surface area contributed by atoms with E-state index in [9.17, 15) is 4.79 Å². The fourth-order valence-electron chi connectivity index (χ4n) is 2.78. The quantitative estimate of drug-likeness (QED) is 0.724. The van der Waals surface area contributed by atoms with Gasteiger partial charge in [0, 0.05) is 31.7 Å². The van der Waals surface area contributed by atoms with Crippen molar-refractivity contribution >= 4 is 5.97 Å². The van der Waals surface area contributed by atoms with Gasteiger partial charge < -0.3 is 14.8 Å². The number of ether oxygens (including phenoxy) is 2. The maximum absolute atomic E-state index is 15.2. The molecular weight excluding hydrogens is 237 g/mol. The second-order valence-corrected chi connectivity index (χ2v) is 6.30. The highest BCUT2D eigenvalue weighted by molar-refractivity contribution is 5.82. The fraction of sp³-hybridized carbons (Fsp3) is 0.923. The Bertz CT molecular complexity index is 334. The monoisotopic (exact) mass is 259 g/mol. The van der Waals surface area contributed by atoms with Crippen LogP contribution in [0.25, 0.3) is 0 Å². The third-order valence-electron chi connectivity index (χ3n) is 3.84. The number of esters is 1. The summed E-state index contributed by atoms with van der Waals surface area (Å²) in [6.45, 7) is 6.86. The van der Waals surface area contributed by atoms with Crippen molar-refractivity contribution in [2.24, 2.45) is 5.41 Å². The Morgan fingerprint density at radius 3 is 2.44 bits per heavy atom. The molecule has 1 atom stereocenters. The SMILES string of the molecule is CC(C)(C)OC(=O)C1(F)CNCC12CCOCC2. The van der Waals surface area contributed by atoms with Crippen molar-refractivity contribution in [3.05, 3.63) is 0 Å². The highest BCUT2D eigenvalue weighted by Crippen LogP contribution is 2.47. The first-order chi connectivity index (χ1) is 8.29. The van der Waals surface area contributed by atoms with Crippen LogP contribution in [-0.4, -0.2) is 43.5 Å². The van der Waals surface area contributed by atoms with Crippen LogP contribution in [0.5, 0.6) is 0 Å². The van der Waals surface area contributed by atoms with Crippen LogP contribution in [0.15, 0.2) is 0 Å². The van der Waals surface area contributed by atoms with Crippen molar-refractivity contribution in [2.45, 2.75) is 44.9 Å². The Morgan fingerprint density at radius 2 is 1.89 bits per heavy atom. The number of carbonyl (C=O) groups excluding carboxylic acids is 1. The molecular formula is C13H22FNO3. The number of hydrogen-bond acceptors (Lipinski definition) is 4. The van der Waals surface area contributed by atoms with E-state index in [0.717, 1.165) is 0 Å². The summed E-state index contributed by atoms with van der Waals surface area (Å²) < 4.78 is 25.7. The molecule has 104 valence electrons. The minimum Gasteiger partial charge on any atom is -0.458 e. The summed E-state index contributed by atoms with van der Waals surface area (Å²) in [7, 11) is 0. The van der Waals surface area contributed by atoms with Crippen LogP contribution in [0, 0.1) is 5.41 Å². The van der Waals surface area contributed by atoms with Gasteiger partial charge >= 0.3 is 5.97 Å². The maximum atomic E-state index is 15.2. The van der Waals surface area contributed by atoms with Crippen molar-refractivity contribution in [2.75, 3.05) is 26.3 Å². The summed E-state index contributed by atoms with van der Waals surface area (Å²) in [5.41, 5.74) is -3.25. The number of alkyl halides is 1. The van der Waals surface area contributed by atoms with Gasteiger partial charge in [-0.3, -0.25) is 0 Å². The summed E-state index contributed by atoms with van der Waals surface area (Å²) in [4.78, 5) is 12.2. The van der Waals surface area contributed by atoms with Gasteiger partial charge in [0.1, 0.15) is 5.60 Å². The average Bonchev–Trinajstić information content (AvgIpc) is 2.57. The predicted octanol–water partition coefficient (Wildman–Crippen LogP) is 1.44. The molecule has 5 heteroatoms. The molecule has 0 aliphatic carbocycles. The second-order valence-electron chi connectivity index (χ2n) is 6.30. The molecule has 1 N–H and O–H groups in total. The van der Waals surface area contributed by atoms with Gasteiger partial charge in [0.05, 0.1) is 0 Å². The minimum atomic E-state index is -1.93. The lowest BCUT2D eigenvalue weighted by Gasteiger charge is -2.41. The summed E-state index contributed by atoms with van der Waals surface area (Å²) in [5, 5.41) is 3.01. The highest BCUT2D eigenvalue weighted by atomic mass is 19.1. The van der Waals surface area contributed by atoms with E-state index >= 15 is 4.39 Å². The Balaban J connectivity index is 2.20. The lowest BCUT2D eigenvalue weighted by molar-refractivity contribution is -0.180. The molecule has 0 amide bonds. The van der Waals surface area contributed by atoms with Gasteiger partial charge in [-0.15, -0.1) is 0 Å². The van der Waals surface area contributed by atoms with Gasteiger partial charge in [-0.05, 0) is 33.6 Å². The van der Waals surface area contributed by atoms with Gasteiger partial charge in [0.15, 0.2) is 0 Å². The van der Waals surface area contributed by atoms with Crippen LogP contribution >= 0.6 is 0 Å². The average molecular weight is 259 g/mol. The van der Waals surface area contributed by atoms with Crippen molar-refractivity contribution in [1.82, 2.24) is 5.32 Å². The first-order valence-corrected chi connectivity index (χ1v) is 6.50. The first-order valence-electron chi connectivity index (χ1n) is 6.50. The van der Waals surface area contributed by atoms with E-state index in [0.29, 0.717) is 32.6 Å². The number of nitrogens with one attached hydrogen (secondary N) is 1. The Kier molecular flexibility index (Phi) is 3.40. The molecule has 2 heterocycles. The van der Waals surface area contributed by atoms with E-state index in [2.05, 4.69) is 5.32 Å². The van der Waals surface area contributed by atoms with Gasteiger partial charge in [-0.1, -0.05) is 0 Å². The fourth-order valence-corrected chi connectivity index (χ4v) is 2.78. The second kappa shape index (κ2) is 4.46. The Labute approximate surface area is 107 Å². The molecule has 18 heavy (non-hydrogen) atoms. The largest absolute Gasteiger partial charge is 0.458 e. The van der Waals surface area contributed by atoms with Crippen LogP contribution < -0.4 is 5.32 Å². The molecule has 2 aliphatic heterocycles. The molecule has 0 aromatic carbocycles. The Hall–Kier alpha value is -0.680. The van der Waals surface area contributed by atoms with Gasteiger partial charge in [-0.25, -0.2) is 9.18 Å². The van der Waals surface area contributed by atoms with Gasteiger partial charge in [0.25, 0.3) is 0 Å². The van der Waals surface area contributed by atoms with Gasteiger partial charge in [-0.2, -0.15) is 0 Å². The molecule has 2 saturated heterocycles. The summed E-state index contributed by atoms with van der Waals surface area (Å²) in [5.74, 6) is -0.734.